The molecule has 3 N–H and O–H groups in total. The molecule has 1 aromatic rings. The van der Waals surface area contributed by atoms with Crippen molar-refractivity contribution < 1.29 is 4.79 Å². The third-order valence-electron chi connectivity index (χ3n) is 2.47. The number of hydrogen-bond donors (Lipinski definition) is 2. The number of aryl methyl sites for hydroxylation is 1. The third-order valence-corrected chi connectivity index (χ3v) is 2.47. The highest BCUT2D eigenvalue weighted by Crippen LogP contribution is 1.97. The monoisotopic (exact) mass is 260 g/mol. The molecule has 0 aliphatic carbocycles. The van der Waals surface area contributed by atoms with Gasteiger partial charge in [-0.25, -0.2) is 4.98 Å². The third kappa shape index (κ3) is 5.70. The van der Waals surface area contributed by atoms with Crippen LogP contribution in [0.2, 0.25) is 0 Å². The van der Waals surface area contributed by atoms with E-state index >= 15 is 0 Å². The Hall–Kier alpha value is -1.07. The molecule has 0 radical (unpaired) electrons. The molecule has 1 heterocycles. The second-order valence-corrected chi connectivity index (χ2v) is 4.21. The number of halogens is 1. The van der Waals surface area contributed by atoms with Gasteiger partial charge in [0.1, 0.15) is 0 Å². The number of nitrogens with two attached hydrogens (primary N) is 1. The second kappa shape index (κ2) is 8.08. The highest BCUT2D eigenvalue weighted by atomic mass is 35.5. The Bertz CT molecular complexity index is 313. The average molecular weight is 261 g/mol. The van der Waals surface area contributed by atoms with Crippen molar-refractivity contribution in [3.05, 3.63) is 18.7 Å². The fourth-order valence-corrected chi connectivity index (χ4v) is 1.31. The van der Waals surface area contributed by atoms with Gasteiger partial charge in [0, 0.05) is 25.5 Å². The molecule has 0 spiro atoms. The van der Waals surface area contributed by atoms with Gasteiger partial charge < -0.3 is 15.6 Å². The Morgan fingerprint density at radius 2 is 2.24 bits per heavy atom. The summed E-state index contributed by atoms with van der Waals surface area (Å²) in [7, 11) is 0. The molecule has 17 heavy (non-hydrogen) atoms. The predicted molar refractivity (Wildman–Crippen MR) is 69.9 cm³/mol. The minimum absolute atomic E-state index is 0. The van der Waals surface area contributed by atoms with E-state index in [1.165, 1.54) is 0 Å². The van der Waals surface area contributed by atoms with Crippen molar-refractivity contribution in [1.29, 1.82) is 0 Å². The zero-order chi connectivity index (χ0) is 12.0. The molecule has 1 atom stereocenters. The van der Waals surface area contributed by atoms with Gasteiger partial charge in [0.15, 0.2) is 0 Å². The van der Waals surface area contributed by atoms with Crippen LogP contribution >= 0.6 is 12.4 Å². The predicted octanol–water partition coefficient (Wildman–Crippen LogP) is 0.794. The van der Waals surface area contributed by atoms with Gasteiger partial charge in [-0.3, -0.25) is 4.79 Å². The van der Waals surface area contributed by atoms with Crippen LogP contribution in [0.3, 0.4) is 0 Å². The maximum Gasteiger partial charge on any atom is 0.237 e. The van der Waals surface area contributed by atoms with Gasteiger partial charge >= 0.3 is 0 Å². The zero-order valence-corrected chi connectivity index (χ0v) is 11.1. The van der Waals surface area contributed by atoms with E-state index in [1.54, 1.807) is 12.5 Å². The first-order chi connectivity index (χ1) is 7.61. The lowest BCUT2D eigenvalue weighted by Crippen LogP contribution is -2.44. The number of hydrogen-bond acceptors (Lipinski definition) is 3. The number of carbonyl (C=O) groups is 1. The van der Waals surface area contributed by atoms with E-state index in [1.807, 2.05) is 24.6 Å². The molecule has 0 saturated heterocycles. The minimum atomic E-state index is -0.409. The fourth-order valence-electron chi connectivity index (χ4n) is 1.31. The number of imidazole rings is 1. The summed E-state index contributed by atoms with van der Waals surface area (Å²) in [4.78, 5) is 15.4. The summed E-state index contributed by atoms with van der Waals surface area (Å²) in [6, 6.07) is -0.409. The fraction of sp³-hybridized carbons (Fsp3) is 0.636. The molecule has 0 aromatic carbocycles. The quantitative estimate of drug-likeness (QED) is 0.743. The smallest absolute Gasteiger partial charge is 0.237 e. The van der Waals surface area contributed by atoms with Gasteiger partial charge in [0.2, 0.25) is 5.91 Å². The standard InChI is InChI=1S/C11H20N4O.ClH/c1-9(2)10(12)11(16)14-4-3-6-15-7-5-13-8-15;/h5,7-10H,3-4,6,12H2,1-2H3,(H,14,16);1H/t10-;/m0./s1. The van der Waals surface area contributed by atoms with E-state index in [9.17, 15) is 4.79 Å². The van der Waals surface area contributed by atoms with Crippen molar-refractivity contribution in [2.45, 2.75) is 32.9 Å². The first kappa shape index (κ1) is 15.9. The average Bonchev–Trinajstić information content (AvgIpc) is 2.75. The summed E-state index contributed by atoms with van der Waals surface area (Å²) >= 11 is 0. The van der Waals surface area contributed by atoms with Crippen LogP contribution in [0, 0.1) is 5.92 Å². The lowest BCUT2D eigenvalue weighted by Gasteiger charge is -2.15. The Morgan fingerprint density at radius 3 is 2.76 bits per heavy atom. The second-order valence-electron chi connectivity index (χ2n) is 4.21. The Labute approximate surface area is 108 Å². The van der Waals surface area contributed by atoms with Crippen molar-refractivity contribution in [1.82, 2.24) is 14.9 Å². The van der Waals surface area contributed by atoms with Crippen molar-refractivity contribution in [3.8, 4) is 0 Å². The van der Waals surface area contributed by atoms with Crippen LogP contribution in [0.1, 0.15) is 20.3 Å². The SMILES string of the molecule is CC(C)[C@H](N)C(=O)NCCCn1ccnc1.Cl. The number of carbonyl (C=O) groups excluding carboxylic acids is 1. The normalized spacial score (nSPS) is 12.0. The first-order valence-electron chi connectivity index (χ1n) is 5.60. The molecule has 0 aliphatic rings. The Morgan fingerprint density at radius 1 is 1.53 bits per heavy atom. The van der Waals surface area contributed by atoms with E-state index in [-0.39, 0.29) is 24.2 Å². The van der Waals surface area contributed by atoms with Crippen LogP contribution in [0.4, 0.5) is 0 Å². The minimum Gasteiger partial charge on any atom is -0.355 e. The van der Waals surface area contributed by atoms with Crippen LogP contribution in [0.15, 0.2) is 18.7 Å². The molecule has 0 fully saturated rings. The van der Waals surface area contributed by atoms with Gasteiger partial charge in [-0.05, 0) is 12.3 Å². The lowest BCUT2D eigenvalue weighted by molar-refractivity contribution is -0.123. The van der Waals surface area contributed by atoms with Gasteiger partial charge in [-0.15, -0.1) is 12.4 Å². The number of aromatic nitrogens is 2. The van der Waals surface area contributed by atoms with E-state index in [4.69, 9.17) is 5.73 Å². The van der Waals surface area contributed by atoms with E-state index in [0.717, 1.165) is 13.0 Å². The van der Waals surface area contributed by atoms with Gasteiger partial charge in [-0.1, -0.05) is 13.8 Å². The van der Waals surface area contributed by atoms with Crippen molar-refractivity contribution in [2.75, 3.05) is 6.54 Å². The number of rotatable bonds is 6. The molecular weight excluding hydrogens is 240 g/mol. The van der Waals surface area contributed by atoms with Crippen LogP contribution in [-0.4, -0.2) is 28.0 Å². The van der Waals surface area contributed by atoms with Gasteiger partial charge in [-0.2, -0.15) is 0 Å². The van der Waals surface area contributed by atoms with Crippen LogP contribution in [0.25, 0.3) is 0 Å². The summed E-state index contributed by atoms with van der Waals surface area (Å²) in [5.74, 6) is 0.106. The molecule has 6 heteroatoms. The molecule has 0 bridgehead atoms. The van der Waals surface area contributed by atoms with E-state index < -0.39 is 6.04 Å². The molecule has 98 valence electrons. The van der Waals surface area contributed by atoms with Crippen molar-refractivity contribution in [2.24, 2.45) is 11.7 Å². The highest BCUT2D eigenvalue weighted by molar-refractivity contribution is 5.85. The van der Waals surface area contributed by atoms with E-state index in [0.29, 0.717) is 6.54 Å². The summed E-state index contributed by atoms with van der Waals surface area (Å²) in [6.45, 7) is 5.39. The van der Waals surface area contributed by atoms with Crippen LogP contribution in [-0.2, 0) is 11.3 Å². The van der Waals surface area contributed by atoms with Crippen molar-refractivity contribution in [3.63, 3.8) is 0 Å². The van der Waals surface area contributed by atoms with Crippen LogP contribution in [0.5, 0.6) is 0 Å². The highest BCUT2D eigenvalue weighted by Gasteiger charge is 2.15. The van der Waals surface area contributed by atoms with Crippen molar-refractivity contribution >= 4 is 18.3 Å². The zero-order valence-electron chi connectivity index (χ0n) is 10.3. The number of nitrogens with zero attached hydrogens (tertiary/aromatic N) is 2. The Kier molecular flexibility index (Phi) is 7.58. The molecule has 0 unspecified atom stereocenters. The summed E-state index contributed by atoms with van der Waals surface area (Å²) in [6.07, 6.45) is 6.30. The topological polar surface area (TPSA) is 72.9 Å². The Balaban J connectivity index is 0.00000256. The molecule has 1 aromatic heterocycles. The van der Waals surface area contributed by atoms with Crippen LogP contribution < -0.4 is 11.1 Å². The number of amides is 1. The molecular formula is C11H21ClN4O. The molecule has 1 rings (SSSR count). The first-order valence-corrected chi connectivity index (χ1v) is 5.60. The van der Waals surface area contributed by atoms with Gasteiger partial charge in [0.25, 0.3) is 0 Å². The molecule has 0 saturated carbocycles. The maximum atomic E-state index is 11.5. The molecule has 1 amide bonds. The number of nitrogens with one attached hydrogen (secondary N) is 1. The lowest BCUT2D eigenvalue weighted by atomic mass is 10.1. The maximum absolute atomic E-state index is 11.5. The molecule has 0 aliphatic heterocycles. The largest absolute Gasteiger partial charge is 0.355 e. The van der Waals surface area contributed by atoms with E-state index in [2.05, 4.69) is 10.3 Å². The molecule has 5 nitrogen and oxygen atoms in total. The summed E-state index contributed by atoms with van der Waals surface area (Å²) in [5.41, 5.74) is 5.71. The summed E-state index contributed by atoms with van der Waals surface area (Å²) in [5, 5.41) is 2.83. The van der Waals surface area contributed by atoms with Gasteiger partial charge in [0.05, 0.1) is 12.4 Å². The summed E-state index contributed by atoms with van der Waals surface area (Å²) < 4.78 is 1.98.